The molecule has 0 saturated carbocycles. The summed E-state index contributed by atoms with van der Waals surface area (Å²) >= 11 is 3.75. The molecule has 0 amide bonds. The molecule has 0 aliphatic carbocycles. The molecule has 10 aromatic carbocycles. The van der Waals surface area contributed by atoms with Crippen LogP contribution in [0.1, 0.15) is 0 Å². The Morgan fingerprint density at radius 3 is 1.61 bits per heavy atom. The smallest absolute Gasteiger partial charge is 0.0467 e. The number of anilines is 3. The molecule has 0 atom stereocenters. The van der Waals surface area contributed by atoms with Crippen molar-refractivity contribution < 1.29 is 0 Å². The molecule has 0 bridgehead atoms. The van der Waals surface area contributed by atoms with Crippen molar-refractivity contribution in [3.63, 3.8) is 0 Å². The first-order valence-electron chi connectivity index (χ1n) is 20.7. The second-order valence-corrected chi connectivity index (χ2v) is 17.8. The van der Waals surface area contributed by atoms with Gasteiger partial charge in [-0.2, -0.15) is 0 Å². The Balaban J connectivity index is 0.961. The molecule has 0 fully saturated rings. The minimum atomic E-state index is 1.10. The zero-order chi connectivity index (χ0) is 40.3. The Labute approximate surface area is 362 Å². The van der Waals surface area contributed by atoms with Crippen molar-refractivity contribution in [2.75, 3.05) is 4.90 Å². The molecule has 0 aliphatic rings. The van der Waals surface area contributed by atoms with Crippen molar-refractivity contribution in [1.29, 1.82) is 0 Å². The van der Waals surface area contributed by atoms with Gasteiger partial charge in [-0.3, -0.25) is 0 Å². The van der Waals surface area contributed by atoms with Gasteiger partial charge in [0.1, 0.15) is 0 Å². The average Bonchev–Trinajstić information content (AvgIpc) is 3.91. The Morgan fingerprint density at radius 2 is 0.803 bits per heavy atom. The van der Waals surface area contributed by atoms with E-state index in [9.17, 15) is 0 Å². The summed E-state index contributed by atoms with van der Waals surface area (Å²) in [7, 11) is 0. The molecule has 1 nitrogen and oxygen atoms in total. The summed E-state index contributed by atoms with van der Waals surface area (Å²) in [5, 5.41) is 7.80. The Kier molecular flexibility index (Phi) is 8.62. The molecule has 2 heterocycles. The zero-order valence-electron chi connectivity index (χ0n) is 33.1. The molecule has 0 unspecified atom stereocenters. The maximum atomic E-state index is 2.39. The van der Waals surface area contributed by atoms with E-state index < -0.39 is 0 Å². The maximum Gasteiger partial charge on any atom is 0.0467 e. The van der Waals surface area contributed by atoms with Crippen LogP contribution in [0.15, 0.2) is 224 Å². The molecule has 12 aromatic rings. The number of hydrogen-bond acceptors (Lipinski definition) is 3. The lowest BCUT2D eigenvalue weighted by molar-refractivity contribution is 1.28. The fourth-order valence-electron chi connectivity index (χ4n) is 9.19. The highest BCUT2D eigenvalue weighted by Crippen LogP contribution is 2.44. The van der Waals surface area contributed by atoms with Gasteiger partial charge in [-0.25, -0.2) is 0 Å². The minimum Gasteiger partial charge on any atom is -0.310 e. The molecular weight excluding hydrogens is 775 g/mol. The molecule has 2 aromatic heterocycles. The Bertz CT molecular complexity index is 3590. The largest absolute Gasteiger partial charge is 0.310 e. The standard InChI is InChI=1S/C58H37NS2/c1-2-18-47-38(12-1)13-9-21-48(47)39-28-32-44(33-29-39)59(45-34-30-40(31-35-45)49-22-11-27-56-57(49)53-20-4-6-26-55(53)60-56)46-17-8-15-42(37-46)41-14-7-16-43(36-41)50-23-10-24-52-51-19-3-5-25-54(51)61-58(50)52/h1-37H. The normalized spacial score (nSPS) is 11.6. The van der Waals surface area contributed by atoms with Crippen LogP contribution in [0.5, 0.6) is 0 Å². The summed E-state index contributed by atoms with van der Waals surface area (Å²) in [4.78, 5) is 2.39. The van der Waals surface area contributed by atoms with Crippen LogP contribution in [-0.2, 0) is 0 Å². The van der Waals surface area contributed by atoms with Crippen LogP contribution in [0.25, 0.3) is 95.6 Å². The second-order valence-electron chi connectivity index (χ2n) is 15.6. The maximum absolute atomic E-state index is 2.39. The van der Waals surface area contributed by atoms with Gasteiger partial charge in [-0.15, -0.1) is 22.7 Å². The van der Waals surface area contributed by atoms with Crippen molar-refractivity contribution >= 4 is 90.9 Å². The lowest BCUT2D eigenvalue weighted by atomic mass is 9.97. The number of rotatable bonds is 7. The number of benzene rings is 10. The van der Waals surface area contributed by atoms with E-state index in [1.54, 1.807) is 0 Å². The summed E-state index contributed by atoms with van der Waals surface area (Å²) in [6.07, 6.45) is 0. The monoisotopic (exact) mass is 811 g/mol. The highest BCUT2D eigenvalue weighted by atomic mass is 32.1. The quantitative estimate of drug-likeness (QED) is 0.155. The highest BCUT2D eigenvalue weighted by molar-refractivity contribution is 7.26. The average molecular weight is 812 g/mol. The first-order valence-corrected chi connectivity index (χ1v) is 22.4. The molecule has 12 rings (SSSR count). The molecule has 61 heavy (non-hydrogen) atoms. The first-order chi connectivity index (χ1) is 30.2. The van der Waals surface area contributed by atoms with Crippen molar-refractivity contribution in [2.24, 2.45) is 0 Å². The second kappa shape index (κ2) is 14.8. The fraction of sp³-hybridized carbons (Fsp3) is 0. The van der Waals surface area contributed by atoms with Crippen molar-refractivity contribution in [1.82, 2.24) is 0 Å². The number of fused-ring (bicyclic) bond motifs is 7. The third kappa shape index (κ3) is 6.21. The van der Waals surface area contributed by atoms with Gasteiger partial charge in [-0.1, -0.05) is 164 Å². The zero-order valence-corrected chi connectivity index (χ0v) is 34.8. The van der Waals surface area contributed by atoms with Gasteiger partial charge in [-0.05, 0) is 116 Å². The van der Waals surface area contributed by atoms with Crippen LogP contribution in [0.4, 0.5) is 17.1 Å². The SMILES string of the molecule is c1cc(-c2cccc(N(c3ccc(-c4cccc5ccccc45)cc3)c3ccc(-c4cccc5sc6ccccc6c45)cc3)c2)cc(-c2cccc3c2sc2ccccc23)c1. The van der Waals surface area contributed by atoms with E-state index in [1.807, 2.05) is 22.7 Å². The molecule has 3 heteroatoms. The van der Waals surface area contributed by atoms with Crippen LogP contribution in [0, 0.1) is 0 Å². The highest BCUT2D eigenvalue weighted by Gasteiger charge is 2.17. The van der Waals surface area contributed by atoms with Crippen molar-refractivity contribution in [2.45, 2.75) is 0 Å². The molecule has 0 saturated heterocycles. The molecule has 0 spiro atoms. The molecular formula is C58H37NS2. The van der Waals surface area contributed by atoms with Crippen LogP contribution >= 0.6 is 22.7 Å². The van der Waals surface area contributed by atoms with Crippen LogP contribution < -0.4 is 4.90 Å². The topological polar surface area (TPSA) is 3.24 Å². The van der Waals surface area contributed by atoms with E-state index in [-0.39, 0.29) is 0 Å². The summed E-state index contributed by atoms with van der Waals surface area (Å²) < 4.78 is 5.29. The third-order valence-corrected chi connectivity index (χ3v) is 14.4. The van der Waals surface area contributed by atoms with E-state index >= 15 is 0 Å². The van der Waals surface area contributed by atoms with Gasteiger partial charge in [0.25, 0.3) is 0 Å². The van der Waals surface area contributed by atoms with E-state index in [1.165, 1.54) is 95.6 Å². The summed E-state index contributed by atoms with van der Waals surface area (Å²) in [5.41, 5.74) is 13.1. The molecule has 0 radical (unpaired) electrons. The molecule has 0 aliphatic heterocycles. The lowest BCUT2D eigenvalue weighted by Crippen LogP contribution is -2.10. The van der Waals surface area contributed by atoms with Crippen molar-refractivity contribution in [3.8, 4) is 44.5 Å². The van der Waals surface area contributed by atoms with E-state index in [0.717, 1.165) is 17.1 Å². The van der Waals surface area contributed by atoms with Gasteiger partial charge < -0.3 is 4.90 Å². The Hall–Kier alpha value is -7.30. The number of hydrogen-bond donors (Lipinski definition) is 0. The Morgan fingerprint density at radius 1 is 0.279 bits per heavy atom. The summed E-state index contributed by atoms with van der Waals surface area (Å²) in [6, 6.07) is 82.4. The summed E-state index contributed by atoms with van der Waals surface area (Å²) in [6.45, 7) is 0. The third-order valence-electron chi connectivity index (χ3n) is 12.1. The van der Waals surface area contributed by atoms with Gasteiger partial charge in [0.2, 0.25) is 0 Å². The number of nitrogens with zero attached hydrogens (tertiary/aromatic N) is 1. The van der Waals surface area contributed by atoms with E-state index in [2.05, 4.69) is 229 Å². The lowest BCUT2D eigenvalue weighted by Gasteiger charge is -2.26. The van der Waals surface area contributed by atoms with Gasteiger partial charge >= 0.3 is 0 Å². The van der Waals surface area contributed by atoms with Gasteiger partial charge in [0, 0.05) is 57.4 Å². The summed E-state index contributed by atoms with van der Waals surface area (Å²) in [5.74, 6) is 0. The molecule has 0 N–H and O–H groups in total. The van der Waals surface area contributed by atoms with Gasteiger partial charge in [0.15, 0.2) is 0 Å². The molecule has 286 valence electrons. The fourth-order valence-corrected chi connectivity index (χ4v) is 11.6. The van der Waals surface area contributed by atoms with Crippen LogP contribution in [0.3, 0.4) is 0 Å². The van der Waals surface area contributed by atoms with E-state index in [4.69, 9.17) is 0 Å². The number of thiophene rings is 2. The predicted molar refractivity (Wildman–Crippen MR) is 266 cm³/mol. The predicted octanol–water partition coefficient (Wildman–Crippen LogP) is 17.7. The van der Waals surface area contributed by atoms with E-state index in [0.29, 0.717) is 0 Å². The van der Waals surface area contributed by atoms with Crippen molar-refractivity contribution in [3.05, 3.63) is 224 Å². The minimum absolute atomic E-state index is 1.10. The first kappa shape index (κ1) is 35.6. The van der Waals surface area contributed by atoms with Crippen LogP contribution in [0.2, 0.25) is 0 Å². The van der Waals surface area contributed by atoms with Crippen LogP contribution in [-0.4, -0.2) is 0 Å². The van der Waals surface area contributed by atoms with Gasteiger partial charge in [0.05, 0.1) is 0 Å².